The highest BCUT2D eigenvalue weighted by molar-refractivity contribution is 6.35. The molecule has 1 aromatic rings. The maximum absolute atomic E-state index is 13.3. The van der Waals surface area contributed by atoms with E-state index in [0.717, 1.165) is 0 Å². The van der Waals surface area contributed by atoms with Crippen LogP contribution in [0.5, 0.6) is 0 Å². The molecule has 1 aliphatic heterocycles. The van der Waals surface area contributed by atoms with Gasteiger partial charge in [0.25, 0.3) is 6.43 Å². The highest BCUT2D eigenvalue weighted by atomic mass is 35.5. The summed E-state index contributed by atoms with van der Waals surface area (Å²) in [4.78, 5) is 5.49. The maximum Gasteiger partial charge on any atom is 0.258 e. The molecule has 0 saturated carbocycles. The number of alkyl halides is 2. The molecule has 0 unspecified atom stereocenters. The fourth-order valence-corrected chi connectivity index (χ4v) is 2.72. The number of pyridine rings is 1. The molecular formula is C11H15Cl4F2N3. The number of hydrogen-bond donors (Lipinski definition) is 1. The van der Waals surface area contributed by atoms with Crippen molar-refractivity contribution in [2.45, 2.75) is 12.5 Å². The molecule has 2 heterocycles. The van der Waals surface area contributed by atoms with E-state index < -0.39 is 12.5 Å². The molecule has 116 valence electrons. The molecule has 0 aromatic carbocycles. The van der Waals surface area contributed by atoms with Crippen molar-refractivity contribution in [2.75, 3.05) is 26.2 Å². The van der Waals surface area contributed by atoms with Gasteiger partial charge in [0.15, 0.2) is 0 Å². The van der Waals surface area contributed by atoms with E-state index >= 15 is 0 Å². The van der Waals surface area contributed by atoms with Gasteiger partial charge in [-0.25, -0.2) is 8.78 Å². The molecular weight excluding hydrogens is 354 g/mol. The average molecular weight is 369 g/mol. The van der Waals surface area contributed by atoms with Crippen LogP contribution in [-0.2, 0) is 0 Å². The van der Waals surface area contributed by atoms with Crippen LogP contribution >= 0.6 is 48.0 Å². The SMILES string of the molecule is Cl.Cl.FC(F)[C@@H](c1c(Cl)cncc1Cl)N1CCNCC1. The van der Waals surface area contributed by atoms with Crippen LogP contribution in [0.2, 0.25) is 10.0 Å². The fraction of sp³-hybridized carbons (Fsp3) is 0.545. The van der Waals surface area contributed by atoms with Crippen LogP contribution in [-0.4, -0.2) is 42.5 Å². The Morgan fingerprint density at radius 1 is 1.10 bits per heavy atom. The molecule has 0 bridgehead atoms. The van der Waals surface area contributed by atoms with E-state index in [4.69, 9.17) is 23.2 Å². The van der Waals surface area contributed by atoms with Crippen LogP contribution in [0.15, 0.2) is 12.4 Å². The summed E-state index contributed by atoms with van der Waals surface area (Å²) in [6.07, 6.45) is 0.154. The van der Waals surface area contributed by atoms with Gasteiger partial charge >= 0.3 is 0 Å². The zero-order chi connectivity index (χ0) is 13.1. The minimum atomic E-state index is -2.54. The Morgan fingerprint density at radius 2 is 1.60 bits per heavy atom. The third-order valence-corrected chi connectivity index (χ3v) is 3.57. The molecule has 1 aliphatic rings. The Kier molecular flexibility index (Phi) is 9.22. The summed E-state index contributed by atoms with van der Waals surface area (Å²) in [5, 5.41) is 3.50. The van der Waals surface area contributed by atoms with Gasteiger partial charge in [0.2, 0.25) is 0 Å². The predicted molar refractivity (Wildman–Crippen MR) is 81.9 cm³/mol. The monoisotopic (exact) mass is 367 g/mol. The van der Waals surface area contributed by atoms with E-state index in [1.807, 2.05) is 0 Å². The van der Waals surface area contributed by atoms with E-state index in [-0.39, 0.29) is 40.4 Å². The van der Waals surface area contributed by atoms with Crippen LogP contribution in [0.25, 0.3) is 0 Å². The van der Waals surface area contributed by atoms with Gasteiger partial charge < -0.3 is 5.32 Å². The van der Waals surface area contributed by atoms with Crippen molar-refractivity contribution in [1.29, 1.82) is 0 Å². The first kappa shape index (κ1) is 20.1. The topological polar surface area (TPSA) is 28.2 Å². The molecule has 9 heteroatoms. The van der Waals surface area contributed by atoms with Gasteiger partial charge in [0.1, 0.15) is 0 Å². The highest BCUT2D eigenvalue weighted by Gasteiger charge is 2.33. The van der Waals surface area contributed by atoms with Crippen LogP contribution in [0.4, 0.5) is 8.78 Å². The molecule has 0 aliphatic carbocycles. The number of nitrogens with one attached hydrogen (secondary N) is 1. The highest BCUT2D eigenvalue weighted by Crippen LogP contribution is 2.36. The molecule has 2 rings (SSSR count). The Labute approximate surface area is 138 Å². The number of halogens is 6. The lowest BCUT2D eigenvalue weighted by Gasteiger charge is -2.35. The molecule has 20 heavy (non-hydrogen) atoms. The van der Waals surface area contributed by atoms with Gasteiger partial charge in [-0.2, -0.15) is 0 Å². The smallest absolute Gasteiger partial charge is 0.258 e. The van der Waals surface area contributed by atoms with Gasteiger partial charge in [-0.3, -0.25) is 9.88 Å². The average Bonchev–Trinajstić information content (AvgIpc) is 2.34. The van der Waals surface area contributed by atoms with E-state index in [0.29, 0.717) is 26.2 Å². The minimum Gasteiger partial charge on any atom is -0.314 e. The number of hydrogen-bond acceptors (Lipinski definition) is 3. The summed E-state index contributed by atoms with van der Waals surface area (Å²) in [7, 11) is 0. The minimum absolute atomic E-state index is 0. The van der Waals surface area contributed by atoms with Gasteiger partial charge in [0, 0.05) is 44.1 Å². The quantitative estimate of drug-likeness (QED) is 0.885. The second kappa shape index (κ2) is 9.18. The standard InChI is InChI=1S/C11H13Cl2F2N3.2ClH/c12-7-5-17-6-8(13)9(7)10(11(14)15)18-3-1-16-2-4-18;;/h5-6,10-11,16H,1-4H2;2*1H/t10-;;/m1../s1. The number of piperazine rings is 1. The van der Waals surface area contributed by atoms with Gasteiger partial charge in [-0.05, 0) is 0 Å². The Bertz CT molecular complexity index is 396. The molecule has 0 spiro atoms. The summed E-state index contributed by atoms with van der Waals surface area (Å²) in [6.45, 7) is 2.46. The zero-order valence-electron chi connectivity index (χ0n) is 10.4. The molecule has 1 aromatic heterocycles. The van der Waals surface area contributed by atoms with Crippen molar-refractivity contribution in [2.24, 2.45) is 0 Å². The lowest BCUT2D eigenvalue weighted by atomic mass is 10.1. The van der Waals surface area contributed by atoms with Gasteiger partial charge in [0.05, 0.1) is 16.1 Å². The number of rotatable bonds is 3. The zero-order valence-corrected chi connectivity index (χ0v) is 13.5. The summed E-state index contributed by atoms with van der Waals surface area (Å²) in [6, 6.07) is -1.07. The van der Waals surface area contributed by atoms with Crippen molar-refractivity contribution in [3.63, 3.8) is 0 Å². The molecule has 1 saturated heterocycles. The third kappa shape index (κ3) is 4.55. The first-order valence-corrected chi connectivity index (χ1v) is 6.38. The van der Waals surface area contributed by atoms with E-state index in [1.54, 1.807) is 4.90 Å². The number of aromatic nitrogens is 1. The number of nitrogens with zero attached hydrogens (tertiary/aromatic N) is 2. The normalized spacial score (nSPS) is 17.2. The second-order valence-corrected chi connectivity index (χ2v) is 4.90. The summed E-state index contributed by atoms with van der Waals surface area (Å²) >= 11 is 11.9. The molecule has 3 nitrogen and oxygen atoms in total. The lowest BCUT2D eigenvalue weighted by Crippen LogP contribution is -2.47. The molecule has 1 fully saturated rings. The summed E-state index contributed by atoms with van der Waals surface area (Å²) in [5.74, 6) is 0. The van der Waals surface area contributed by atoms with Crippen LogP contribution in [0, 0.1) is 0 Å². The van der Waals surface area contributed by atoms with Crippen LogP contribution < -0.4 is 5.32 Å². The van der Waals surface area contributed by atoms with E-state index in [2.05, 4.69) is 10.3 Å². The lowest BCUT2D eigenvalue weighted by molar-refractivity contribution is 0.0182. The molecule has 1 N–H and O–H groups in total. The van der Waals surface area contributed by atoms with Crippen molar-refractivity contribution in [3.05, 3.63) is 28.0 Å². The van der Waals surface area contributed by atoms with Crippen LogP contribution in [0.1, 0.15) is 11.6 Å². The molecule has 0 amide bonds. The van der Waals surface area contributed by atoms with Crippen molar-refractivity contribution in [3.8, 4) is 0 Å². The molecule has 0 radical (unpaired) electrons. The van der Waals surface area contributed by atoms with Gasteiger partial charge in [-0.15, -0.1) is 24.8 Å². The van der Waals surface area contributed by atoms with E-state index in [9.17, 15) is 8.78 Å². The van der Waals surface area contributed by atoms with Crippen molar-refractivity contribution in [1.82, 2.24) is 15.2 Å². The second-order valence-electron chi connectivity index (χ2n) is 4.08. The van der Waals surface area contributed by atoms with Crippen molar-refractivity contribution >= 4 is 48.0 Å². The maximum atomic E-state index is 13.3. The van der Waals surface area contributed by atoms with Crippen molar-refractivity contribution < 1.29 is 8.78 Å². The fourth-order valence-electron chi connectivity index (χ4n) is 2.13. The predicted octanol–water partition coefficient (Wildman–Crippen LogP) is 3.44. The van der Waals surface area contributed by atoms with Crippen LogP contribution in [0.3, 0.4) is 0 Å². The third-order valence-electron chi connectivity index (χ3n) is 2.97. The van der Waals surface area contributed by atoms with E-state index in [1.165, 1.54) is 12.4 Å². The summed E-state index contributed by atoms with van der Waals surface area (Å²) in [5.41, 5.74) is 0.269. The largest absolute Gasteiger partial charge is 0.314 e. The Morgan fingerprint density at radius 3 is 2.05 bits per heavy atom. The first-order chi connectivity index (χ1) is 8.61. The van der Waals surface area contributed by atoms with Gasteiger partial charge in [-0.1, -0.05) is 23.2 Å². The first-order valence-electron chi connectivity index (χ1n) is 5.63. The Hall–Kier alpha value is 0.0900. The Balaban J connectivity index is 0.00000180. The summed E-state index contributed by atoms with van der Waals surface area (Å²) < 4.78 is 26.7. The molecule has 1 atom stereocenters.